The Morgan fingerprint density at radius 2 is 1.47 bits per heavy atom. The summed E-state index contributed by atoms with van der Waals surface area (Å²) < 4.78 is 0. The van der Waals surface area contributed by atoms with Gasteiger partial charge in [0.15, 0.2) is 0 Å². The highest BCUT2D eigenvalue weighted by Crippen LogP contribution is 2.06. The van der Waals surface area contributed by atoms with Gasteiger partial charge in [-0.25, -0.2) is 4.79 Å². The van der Waals surface area contributed by atoms with Gasteiger partial charge in [-0.2, -0.15) is 0 Å². The first-order valence-corrected chi connectivity index (χ1v) is 10.1. The summed E-state index contributed by atoms with van der Waals surface area (Å²) in [6.07, 6.45) is -0.538. The summed E-state index contributed by atoms with van der Waals surface area (Å²) in [5, 5.41) is 25.4. The Morgan fingerprint density at radius 1 is 0.875 bits per heavy atom. The Kier molecular flexibility index (Phi) is 10.3. The second kappa shape index (κ2) is 12.4. The highest BCUT2D eigenvalue weighted by atomic mass is 16.4. The Labute approximate surface area is 185 Å². The van der Waals surface area contributed by atoms with E-state index >= 15 is 0 Å². The topological polar surface area (TPSA) is 188 Å². The molecule has 32 heavy (non-hydrogen) atoms. The molecule has 11 nitrogen and oxygen atoms in total. The zero-order valence-electron chi connectivity index (χ0n) is 18.2. The van der Waals surface area contributed by atoms with Gasteiger partial charge in [0.2, 0.25) is 17.7 Å². The second-order valence-electron chi connectivity index (χ2n) is 7.75. The Balaban J connectivity index is 2.75. The lowest BCUT2D eigenvalue weighted by Crippen LogP contribution is -2.58. The summed E-state index contributed by atoms with van der Waals surface area (Å²) in [5.74, 6) is -5.08. The number of aliphatic carboxylic acids is 2. The van der Waals surface area contributed by atoms with Crippen LogP contribution < -0.4 is 21.7 Å². The summed E-state index contributed by atoms with van der Waals surface area (Å²) in [5.41, 5.74) is 6.24. The molecule has 0 radical (unpaired) electrons. The number of rotatable bonds is 12. The zero-order valence-corrected chi connectivity index (χ0v) is 18.2. The third-order valence-electron chi connectivity index (χ3n) is 4.63. The smallest absolute Gasteiger partial charge is 0.326 e. The molecule has 0 aliphatic heterocycles. The van der Waals surface area contributed by atoms with E-state index in [2.05, 4.69) is 16.0 Å². The lowest BCUT2D eigenvalue weighted by Gasteiger charge is -2.25. The number of nitrogens with one attached hydrogen (secondary N) is 3. The number of hydrogen-bond donors (Lipinski definition) is 6. The van der Waals surface area contributed by atoms with Gasteiger partial charge in [-0.1, -0.05) is 44.2 Å². The van der Waals surface area contributed by atoms with Gasteiger partial charge in [0.1, 0.15) is 18.1 Å². The van der Waals surface area contributed by atoms with Crippen LogP contribution in [0.15, 0.2) is 30.3 Å². The van der Waals surface area contributed by atoms with E-state index in [-0.39, 0.29) is 6.42 Å². The first kappa shape index (κ1) is 26.6. The highest BCUT2D eigenvalue weighted by molar-refractivity contribution is 5.94. The monoisotopic (exact) mass is 450 g/mol. The molecule has 0 saturated heterocycles. The van der Waals surface area contributed by atoms with Gasteiger partial charge < -0.3 is 31.9 Å². The molecule has 1 aromatic carbocycles. The number of carboxylic acids is 2. The molecule has 0 heterocycles. The minimum absolute atomic E-state index is 0.0642. The summed E-state index contributed by atoms with van der Waals surface area (Å²) in [7, 11) is 0. The lowest BCUT2D eigenvalue weighted by atomic mass is 10.0. The second-order valence-corrected chi connectivity index (χ2v) is 7.75. The fourth-order valence-electron chi connectivity index (χ4n) is 2.79. The molecule has 4 atom stereocenters. The van der Waals surface area contributed by atoms with Crippen LogP contribution in [0.2, 0.25) is 0 Å². The molecule has 176 valence electrons. The first-order chi connectivity index (χ1) is 14.9. The van der Waals surface area contributed by atoms with Crippen LogP contribution in [0.1, 0.15) is 32.8 Å². The molecule has 0 fully saturated rings. The minimum atomic E-state index is -1.34. The minimum Gasteiger partial charge on any atom is -0.481 e. The normalized spacial score (nSPS) is 14.5. The van der Waals surface area contributed by atoms with Gasteiger partial charge in [-0.3, -0.25) is 19.2 Å². The van der Waals surface area contributed by atoms with Crippen LogP contribution in [-0.4, -0.2) is 64.0 Å². The van der Waals surface area contributed by atoms with E-state index in [4.69, 9.17) is 10.8 Å². The van der Waals surface area contributed by atoms with E-state index in [9.17, 15) is 29.1 Å². The molecule has 7 N–H and O–H groups in total. The number of carbonyl (C=O) groups excluding carboxylic acids is 3. The van der Waals surface area contributed by atoms with E-state index in [1.165, 1.54) is 6.92 Å². The summed E-state index contributed by atoms with van der Waals surface area (Å²) >= 11 is 0. The molecule has 0 aliphatic rings. The van der Waals surface area contributed by atoms with Crippen molar-refractivity contribution in [3.05, 3.63) is 35.9 Å². The molecule has 3 amide bonds. The highest BCUT2D eigenvalue weighted by Gasteiger charge is 2.30. The summed E-state index contributed by atoms with van der Waals surface area (Å²) in [4.78, 5) is 59.4. The average Bonchev–Trinajstić information content (AvgIpc) is 2.70. The number of carbonyl (C=O) groups is 5. The SMILES string of the molecule is CC(NC(=O)C(NC(=O)C(N)CC(=O)O)C(C)C)C(=O)NC(Cc1ccccc1)C(=O)O. The lowest BCUT2D eigenvalue weighted by molar-refractivity contribution is -0.142. The molecule has 0 saturated carbocycles. The molecule has 0 spiro atoms. The van der Waals surface area contributed by atoms with Crippen molar-refractivity contribution in [1.29, 1.82) is 0 Å². The van der Waals surface area contributed by atoms with E-state index in [0.717, 1.165) is 5.56 Å². The third kappa shape index (κ3) is 8.72. The van der Waals surface area contributed by atoms with Crippen molar-refractivity contribution in [1.82, 2.24) is 16.0 Å². The van der Waals surface area contributed by atoms with E-state index < -0.39 is 66.2 Å². The van der Waals surface area contributed by atoms with Gasteiger partial charge >= 0.3 is 11.9 Å². The maximum atomic E-state index is 12.6. The standard InChI is InChI=1S/C21H30N4O7/c1-11(2)17(25-19(29)14(22)10-16(26)27)20(30)23-12(3)18(28)24-15(21(31)32)9-13-7-5-4-6-8-13/h4-8,11-12,14-15,17H,9-10,22H2,1-3H3,(H,23,30)(H,24,28)(H,25,29)(H,26,27)(H,31,32). The molecule has 0 bridgehead atoms. The third-order valence-corrected chi connectivity index (χ3v) is 4.63. The first-order valence-electron chi connectivity index (χ1n) is 10.1. The Hall–Kier alpha value is -3.47. The Bertz CT molecular complexity index is 829. The molecular weight excluding hydrogens is 420 g/mol. The van der Waals surface area contributed by atoms with Crippen molar-refractivity contribution >= 4 is 29.7 Å². The molecule has 4 unspecified atom stereocenters. The molecule has 0 aliphatic carbocycles. The van der Waals surface area contributed by atoms with Crippen molar-refractivity contribution in [3.63, 3.8) is 0 Å². The van der Waals surface area contributed by atoms with Gasteiger partial charge in [-0.05, 0) is 18.4 Å². The number of carboxylic acid groups (broad SMARTS) is 2. The number of benzene rings is 1. The van der Waals surface area contributed by atoms with Crippen molar-refractivity contribution < 1.29 is 34.2 Å². The largest absolute Gasteiger partial charge is 0.481 e. The zero-order chi connectivity index (χ0) is 24.4. The molecule has 1 rings (SSSR count). The van der Waals surface area contributed by atoms with Gasteiger partial charge in [0.25, 0.3) is 0 Å². The maximum absolute atomic E-state index is 12.6. The predicted molar refractivity (Wildman–Crippen MR) is 114 cm³/mol. The molecular formula is C21H30N4O7. The van der Waals surface area contributed by atoms with Crippen LogP contribution in [-0.2, 0) is 30.4 Å². The number of amides is 3. The molecule has 0 aromatic heterocycles. The molecule has 1 aromatic rings. The fourth-order valence-corrected chi connectivity index (χ4v) is 2.79. The number of hydrogen-bond acceptors (Lipinski definition) is 6. The maximum Gasteiger partial charge on any atom is 0.326 e. The Morgan fingerprint density at radius 3 is 1.97 bits per heavy atom. The average molecular weight is 450 g/mol. The van der Waals surface area contributed by atoms with Gasteiger partial charge in [-0.15, -0.1) is 0 Å². The van der Waals surface area contributed by atoms with Gasteiger partial charge in [0.05, 0.1) is 12.5 Å². The van der Waals surface area contributed by atoms with E-state index in [0.29, 0.717) is 0 Å². The van der Waals surface area contributed by atoms with Crippen LogP contribution >= 0.6 is 0 Å². The van der Waals surface area contributed by atoms with Crippen LogP contribution in [0, 0.1) is 5.92 Å². The predicted octanol–water partition coefficient (Wildman–Crippen LogP) is -0.754. The van der Waals surface area contributed by atoms with E-state index in [1.807, 2.05) is 0 Å². The van der Waals surface area contributed by atoms with Crippen LogP contribution in [0.5, 0.6) is 0 Å². The quantitative estimate of drug-likeness (QED) is 0.240. The van der Waals surface area contributed by atoms with E-state index in [1.54, 1.807) is 44.2 Å². The number of nitrogens with two attached hydrogens (primary N) is 1. The fraction of sp³-hybridized carbons (Fsp3) is 0.476. The summed E-state index contributed by atoms with van der Waals surface area (Å²) in [6, 6.07) is 4.06. The van der Waals surface area contributed by atoms with Crippen LogP contribution in [0.3, 0.4) is 0 Å². The van der Waals surface area contributed by atoms with Crippen molar-refractivity contribution in [2.45, 2.75) is 57.8 Å². The summed E-state index contributed by atoms with van der Waals surface area (Å²) in [6.45, 7) is 4.68. The van der Waals surface area contributed by atoms with Crippen molar-refractivity contribution in [3.8, 4) is 0 Å². The van der Waals surface area contributed by atoms with Crippen LogP contribution in [0.25, 0.3) is 0 Å². The van der Waals surface area contributed by atoms with Crippen LogP contribution in [0.4, 0.5) is 0 Å². The molecule has 11 heteroatoms. The van der Waals surface area contributed by atoms with Gasteiger partial charge in [0, 0.05) is 6.42 Å². The van der Waals surface area contributed by atoms with Crippen molar-refractivity contribution in [2.75, 3.05) is 0 Å². The van der Waals surface area contributed by atoms with Crippen molar-refractivity contribution in [2.24, 2.45) is 11.7 Å².